The van der Waals surface area contributed by atoms with Crippen molar-refractivity contribution in [3.05, 3.63) is 12.7 Å². The average molecular weight is 262 g/mol. The highest BCUT2D eigenvalue weighted by molar-refractivity contribution is 5.38. The van der Waals surface area contributed by atoms with Gasteiger partial charge < -0.3 is 10.6 Å². The zero-order valence-corrected chi connectivity index (χ0v) is 11.3. The van der Waals surface area contributed by atoms with E-state index in [-0.39, 0.29) is 6.04 Å². The van der Waals surface area contributed by atoms with Gasteiger partial charge in [0.25, 0.3) is 5.95 Å². The van der Waals surface area contributed by atoms with Crippen molar-refractivity contribution in [1.82, 2.24) is 29.7 Å². The van der Waals surface area contributed by atoms with Crippen molar-refractivity contribution in [2.24, 2.45) is 0 Å². The van der Waals surface area contributed by atoms with Crippen LogP contribution in [0.1, 0.15) is 27.2 Å². The predicted molar refractivity (Wildman–Crippen MR) is 72.3 cm³/mol. The minimum absolute atomic E-state index is 0.241. The quantitative estimate of drug-likeness (QED) is 0.804. The van der Waals surface area contributed by atoms with Crippen LogP contribution in [-0.2, 0) is 0 Å². The summed E-state index contributed by atoms with van der Waals surface area (Å²) in [6, 6.07) is 0.241. The molecule has 0 radical (unpaired) electrons. The Morgan fingerprint density at radius 2 is 2.00 bits per heavy atom. The van der Waals surface area contributed by atoms with Crippen molar-refractivity contribution in [1.29, 1.82) is 0 Å². The average Bonchev–Trinajstić information content (AvgIpc) is 2.89. The first-order chi connectivity index (χ1) is 9.19. The molecule has 2 aromatic heterocycles. The summed E-state index contributed by atoms with van der Waals surface area (Å²) >= 11 is 0. The van der Waals surface area contributed by atoms with Gasteiger partial charge in [-0.2, -0.15) is 24.7 Å². The Hall–Kier alpha value is -2.25. The smallest absolute Gasteiger partial charge is 0.258 e. The Labute approximate surface area is 111 Å². The Morgan fingerprint density at radius 3 is 2.63 bits per heavy atom. The van der Waals surface area contributed by atoms with E-state index < -0.39 is 0 Å². The number of anilines is 2. The van der Waals surface area contributed by atoms with E-state index >= 15 is 0 Å². The molecule has 8 nitrogen and oxygen atoms in total. The SMILES string of the molecule is CCCNc1nc(NC(C)C)nc(-n2cncn2)n1. The standard InChI is InChI=1S/C11H18N8/c1-4-5-13-9-16-10(15-8(2)3)18-11(17-9)19-7-12-6-14-19/h6-8H,4-5H2,1-3H3,(H2,13,15,16,17,18). The van der Waals surface area contributed by atoms with Crippen molar-refractivity contribution in [2.45, 2.75) is 33.2 Å². The number of hydrogen-bond acceptors (Lipinski definition) is 7. The largest absolute Gasteiger partial charge is 0.354 e. The van der Waals surface area contributed by atoms with Crippen LogP contribution in [0.4, 0.5) is 11.9 Å². The summed E-state index contributed by atoms with van der Waals surface area (Å²) in [5, 5.41) is 10.3. The van der Waals surface area contributed by atoms with Crippen LogP contribution in [0.3, 0.4) is 0 Å². The van der Waals surface area contributed by atoms with Gasteiger partial charge in [-0.15, -0.1) is 0 Å². The molecule has 0 aliphatic heterocycles. The molecular weight excluding hydrogens is 244 g/mol. The van der Waals surface area contributed by atoms with Gasteiger partial charge in [0.15, 0.2) is 0 Å². The van der Waals surface area contributed by atoms with Crippen molar-refractivity contribution in [3.63, 3.8) is 0 Å². The van der Waals surface area contributed by atoms with Crippen LogP contribution >= 0.6 is 0 Å². The first-order valence-electron chi connectivity index (χ1n) is 6.30. The first kappa shape index (κ1) is 13.2. The number of hydrogen-bond donors (Lipinski definition) is 2. The molecule has 19 heavy (non-hydrogen) atoms. The van der Waals surface area contributed by atoms with Crippen LogP contribution in [0.5, 0.6) is 0 Å². The number of rotatable bonds is 6. The highest BCUT2D eigenvalue weighted by Gasteiger charge is 2.09. The predicted octanol–water partition coefficient (Wildman–Crippen LogP) is 1.09. The second-order valence-corrected chi connectivity index (χ2v) is 4.35. The highest BCUT2D eigenvalue weighted by atomic mass is 15.4. The van der Waals surface area contributed by atoms with Gasteiger partial charge in [0.1, 0.15) is 12.7 Å². The van der Waals surface area contributed by atoms with Crippen LogP contribution in [0.25, 0.3) is 5.95 Å². The topological polar surface area (TPSA) is 93.4 Å². The molecule has 0 bridgehead atoms. The van der Waals surface area contributed by atoms with Crippen molar-refractivity contribution in [2.75, 3.05) is 17.2 Å². The van der Waals surface area contributed by atoms with Crippen LogP contribution in [0.15, 0.2) is 12.7 Å². The van der Waals surface area contributed by atoms with Gasteiger partial charge >= 0.3 is 0 Å². The third-order valence-electron chi connectivity index (χ3n) is 2.20. The lowest BCUT2D eigenvalue weighted by Crippen LogP contribution is -2.17. The maximum atomic E-state index is 4.31. The number of nitrogens with one attached hydrogen (secondary N) is 2. The minimum atomic E-state index is 0.241. The van der Waals surface area contributed by atoms with Gasteiger partial charge in [0.05, 0.1) is 0 Å². The van der Waals surface area contributed by atoms with Gasteiger partial charge in [-0.25, -0.2) is 4.98 Å². The molecule has 0 fully saturated rings. The Bertz CT molecular complexity index is 507. The molecule has 0 saturated heterocycles. The fourth-order valence-electron chi connectivity index (χ4n) is 1.42. The van der Waals surface area contributed by atoms with Gasteiger partial charge in [0.2, 0.25) is 11.9 Å². The van der Waals surface area contributed by atoms with E-state index in [1.165, 1.54) is 11.0 Å². The zero-order chi connectivity index (χ0) is 13.7. The van der Waals surface area contributed by atoms with E-state index in [0.29, 0.717) is 17.8 Å². The molecule has 0 aliphatic rings. The lowest BCUT2D eigenvalue weighted by Gasteiger charge is -2.11. The zero-order valence-electron chi connectivity index (χ0n) is 11.3. The van der Waals surface area contributed by atoms with E-state index in [2.05, 4.69) is 42.6 Å². The van der Waals surface area contributed by atoms with Crippen molar-refractivity contribution < 1.29 is 0 Å². The highest BCUT2D eigenvalue weighted by Crippen LogP contribution is 2.09. The maximum Gasteiger partial charge on any atom is 0.258 e. The molecule has 0 aliphatic carbocycles. The summed E-state index contributed by atoms with van der Waals surface area (Å²) < 4.78 is 1.50. The number of nitrogens with zero attached hydrogens (tertiary/aromatic N) is 6. The van der Waals surface area contributed by atoms with E-state index in [1.54, 1.807) is 6.33 Å². The second-order valence-electron chi connectivity index (χ2n) is 4.35. The summed E-state index contributed by atoms with van der Waals surface area (Å²) in [6.45, 7) is 6.94. The summed E-state index contributed by atoms with van der Waals surface area (Å²) in [5.74, 6) is 1.49. The van der Waals surface area contributed by atoms with Crippen molar-refractivity contribution in [3.8, 4) is 5.95 Å². The summed E-state index contributed by atoms with van der Waals surface area (Å²) in [4.78, 5) is 16.8. The molecule has 0 saturated carbocycles. The maximum absolute atomic E-state index is 4.31. The molecule has 2 heterocycles. The minimum Gasteiger partial charge on any atom is -0.354 e. The van der Waals surface area contributed by atoms with Crippen LogP contribution in [0, 0.1) is 0 Å². The van der Waals surface area contributed by atoms with Crippen LogP contribution in [-0.4, -0.2) is 42.3 Å². The molecule has 0 spiro atoms. The van der Waals surface area contributed by atoms with Gasteiger partial charge in [-0.3, -0.25) is 0 Å². The van der Waals surface area contributed by atoms with E-state index in [4.69, 9.17) is 0 Å². The molecule has 8 heteroatoms. The van der Waals surface area contributed by atoms with E-state index in [9.17, 15) is 0 Å². The third-order valence-corrected chi connectivity index (χ3v) is 2.20. The van der Waals surface area contributed by atoms with Gasteiger partial charge in [-0.05, 0) is 20.3 Å². The van der Waals surface area contributed by atoms with E-state index in [0.717, 1.165) is 13.0 Å². The molecule has 0 amide bonds. The molecule has 2 rings (SSSR count). The van der Waals surface area contributed by atoms with Gasteiger partial charge in [-0.1, -0.05) is 6.92 Å². The first-order valence-corrected chi connectivity index (χ1v) is 6.30. The fourth-order valence-corrected chi connectivity index (χ4v) is 1.42. The lowest BCUT2D eigenvalue weighted by atomic mass is 10.4. The van der Waals surface area contributed by atoms with Gasteiger partial charge in [0, 0.05) is 12.6 Å². The normalized spacial score (nSPS) is 10.7. The molecule has 0 atom stereocenters. The molecular formula is C11H18N8. The lowest BCUT2D eigenvalue weighted by molar-refractivity contribution is 0.783. The summed E-state index contributed by atoms with van der Waals surface area (Å²) in [6.07, 6.45) is 3.99. The second kappa shape index (κ2) is 6.07. The number of aromatic nitrogens is 6. The van der Waals surface area contributed by atoms with Crippen LogP contribution < -0.4 is 10.6 Å². The third kappa shape index (κ3) is 3.60. The van der Waals surface area contributed by atoms with Crippen molar-refractivity contribution >= 4 is 11.9 Å². The Morgan fingerprint density at radius 1 is 1.21 bits per heavy atom. The molecule has 0 aromatic carbocycles. The summed E-state index contributed by atoms with van der Waals surface area (Å²) in [7, 11) is 0. The Kier molecular flexibility index (Phi) is 4.22. The monoisotopic (exact) mass is 262 g/mol. The van der Waals surface area contributed by atoms with E-state index in [1.807, 2.05) is 13.8 Å². The molecule has 2 aromatic rings. The summed E-state index contributed by atoms with van der Waals surface area (Å²) in [5.41, 5.74) is 0. The van der Waals surface area contributed by atoms with Crippen LogP contribution in [0.2, 0.25) is 0 Å². The molecule has 102 valence electrons. The Balaban J connectivity index is 2.31. The molecule has 2 N–H and O–H groups in total. The molecule has 0 unspecified atom stereocenters. The fraction of sp³-hybridized carbons (Fsp3) is 0.545.